The first-order valence-corrected chi connectivity index (χ1v) is 9.05. The Kier molecular flexibility index (Phi) is 4.01. The summed E-state index contributed by atoms with van der Waals surface area (Å²) in [4.78, 5) is 19.3. The summed E-state index contributed by atoms with van der Waals surface area (Å²) in [5.41, 5.74) is 2.47. The number of ether oxygens (including phenoxy) is 2. The number of halogens is 1. The van der Waals surface area contributed by atoms with Gasteiger partial charge in [0.05, 0.1) is 15.2 Å². The van der Waals surface area contributed by atoms with E-state index < -0.39 is 0 Å². The van der Waals surface area contributed by atoms with E-state index >= 15 is 0 Å². The number of amides is 1. The molecule has 0 radical (unpaired) electrons. The van der Waals surface area contributed by atoms with Gasteiger partial charge in [-0.25, -0.2) is 4.98 Å². The molecule has 0 spiro atoms. The fourth-order valence-corrected chi connectivity index (χ4v) is 4.17. The zero-order valence-corrected chi connectivity index (χ0v) is 15.3. The van der Waals surface area contributed by atoms with Gasteiger partial charge in [-0.3, -0.25) is 9.69 Å². The van der Waals surface area contributed by atoms with Crippen molar-refractivity contribution in [2.24, 2.45) is 0 Å². The lowest BCUT2D eigenvalue weighted by Gasteiger charge is -2.18. The van der Waals surface area contributed by atoms with Crippen molar-refractivity contribution in [1.82, 2.24) is 4.98 Å². The second-order valence-corrected chi connectivity index (χ2v) is 7.08. The molecule has 0 saturated carbocycles. The van der Waals surface area contributed by atoms with Crippen LogP contribution in [0.4, 0.5) is 5.13 Å². The Labute approximate surface area is 153 Å². The van der Waals surface area contributed by atoms with Crippen molar-refractivity contribution in [3.05, 3.63) is 46.5 Å². The van der Waals surface area contributed by atoms with E-state index in [9.17, 15) is 4.79 Å². The summed E-state index contributed by atoms with van der Waals surface area (Å²) in [7, 11) is 0. The van der Waals surface area contributed by atoms with E-state index in [4.69, 9.17) is 21.1 Å². The highest BCUT2D eigenvalue weighted by Gasteiger charge is 2.25. The van der Waals surface area contributed by atoms with Crippen LogP contribution in [0, 0.1) is 6.92 Å². The molecule has 3 aromatic rings. The third-order valence-corrected chi connectivity index (χ3v) is 5.40. The summed E-state index contributed by atoms with van der Waals surface area (Å²) in [5, 5.41) is 1.04. The summed E-state index contributed by atoms with van der Waals surface area (Å²) in [6.07, 6.45) is 0. The fraction of sp³-hybridized carbons (Fsp3) is 0.222. The third kappa shape index (κ3) is 2.71. The number of anilines is 1. The summed E-state index contributed by atoms with van der Waals surface area (Å²) in [5.74, 6) is 0.809. The van der Waals surface area contributed by atoms with E-state index in [1.165, 1.54) is 11.3 Å². The summed E-state index contributed by atoms with van der Waals surface area (Å²) < 4.78 is 11.7. The Morgan fingerprint density at radius 2 is 2.20 bits per heavy atom. The summed E-state index contributed by atoms with van der Waals surface area (Å²) >= 11 is 7.71. The maximum atomic E-state index is 13.0. The van der Waals surface area contributed by atoms with Gasteiger partial charge in [0.15, 0.2) is 16.6 Å². The van der Waals surface area contributed by atoms with E-state index in [-0.39, 0.29) is 12.7 Å². The molecule has 25 heavy (non-hydrogen) atoms. The lowest BCUT2D eigenvalue weighted by molar-refractivity contribution is 0.0988. The van der Waals surface area contributed by atoms with Gasteiger partial charge in [0.25, 0.3) is 5.91 Å². The molecule has 0 aliphatic carbocycles. The number of rotatable bonds is 3. The molecule has 0 fully saturated rings. The Hall–Kier alpha value is -2.31. The molecule has 2 aromatic carbocycles. The molecule has 0 saturated heterocycles. The predicted molar refractivity (Wildman–Crippen MR) is 99.3 cm³/mol. The summed E-state index contributed by atoms with van der Waals surface area (Å²) in [6, 6.07) is 9.30. The molecule has 2 heterocycles. The van der Waals surface area contributed by atoms with E-state index in [1.807, 2.05) is 32.0 Å². The van der Waals surface area contributed by atoms with Gasteiger partial charge < -0.3 is 9.47 Å². The quantitative estimate of drug-likeness (QED) is 0.669. The van der Waals surface area contributed by atoms with Crippen LogP contribution in [0.25, 0.3) is 10.2 Å². The van der Waals surface area contributed by atoms with Crippen LogP contribution in [0.5, 0.6) is 11.5 Å². The van der Waals surface area contributed by atoms with Crippen molar-refractivity contribution in [3.63, 3.8) is 0 Å². The van der Waals surface area contributed by atoms with Gasteiger partial charge in [0.1, 0.15) is 0 Å². The maximum absolute atomic E-state index is 13.0. The van der Waals surface area contributed by atoms with Crippen molar-refractivity contribution in [3.8, 4) is 11.5 Å². The van der Waals surface area contributed by atoms with Gasteiger partial charge in [-0.1, -0.05) is 35.1 Å². The molecule has 1 aliphatic rings. The minimum absolute atomic E-state index is 0.112. The van der Waals surface area contributed by atoms with Crippen molar-refractivity contribution >= 4 is 44.2 Å². The molecule has 0 unspecified atom stereocenters. The Balaban J connectivity index is 1.74. The number of benzene rings is 2. The summed E-state index contributed by atoms with van der Waals surface area (Å²) in [6.45, 7) is 4.55. The zero-order valence-electron chi connectivity index (χ0n) is 13.7. The molecule has 0 bridgehead atoms. The highest BCUT2D eigenvalue weighted by Crippen LogP contribution is 2.40. The van der Waals surface area contributed by atoms with Crippen molar-refractivity contribution in [1.29, 1.82) is 0 Å². The normalized spacial score (nSPS) is 12.6. The van der Waals surface area contributed by atoms with Crippen LogP contribution >= 0.6 is 22.9 Å². The van der Waals surface area contributed by atoms with Gasteiger partial charge in [0.2, 0.25) is 6.79 Å². The number of aryl methyl sites for hydroxylation is 1. The van der Waals surface area contributed by atoms with Crippen LogP contribution in [0.2, 0.25) is 5.02 Å². The van der Waals surface area contributed by atoms with Crippen LogP contribution in [0.1, 0.15) is 22.8 Å². The first-order valence-electron chi connectivity index (χ1n) is 7.85. The monoisotopic (exact) mass is 374 g/mol. The van der Waals surface area contributed by atoms with Crippen LogP contribution in [-0.4, -0.2) is 24.2 Å². The number of aromatic nitrogens is 1. The van der Waals surface area contributed by atoms with Crippen molar-refractivity contribution < 1.29 is 14.3 Å². The van der Waals surface area contributed by atoms with E-state index in [2.05, 4.69) is 4.98 Å². The van der Waals surface area contributed by atoms with E-state index in [1.54, 1.807) is 17.0 Å². The lowest BCUT2D eigenvalue weighted by atomic mass is 10.1. The number of carbonyl (C=O) groups is 1. The number of hydrogen-bond donors (Lipinski definition) is 0. The minimum Gasteiger partial charge on any atom is -0.454 e. The molecule has 1 amide bonds. The molecular formula is C18H15ClN2O3S. The number of thiazole rings is 1. The number of carbonyl (C=O) groups excluding carboxylic acids is 1. The van der Waals surface area contributed by atoms with Gasteiger partial charge in [-0.15, -0.1) is 0 Å². The first-order chi connectivity index (χ1) is 12.1. The van der Waals surface area contributed by atoms with Crippen LogP contribution in [0.15, 0.2) is 30.3 Å². The van der Waals surface area contributed by atoms with Crippen LogP contribution in [0.3, 0.4) is 0 Å². The average Bonchev–Trinajstić information content (AvgIpc) is 3.23. The van der Waals surface area contributed by atoms with Crippen molar-refractivity contribution in [2.75, 3.05) is 18.2 Å². The van der Waals surface area contributed by atoms with Crippen LogP contribution in [-0.2, 0) is 0 Å². The molecule has 1 aliphatic heterocycles. The van der Waals surface area contributed by atoms with E-state index in [0.29, 0.717) is 33.8 Å². The molecule has 7 heteroatoms. The Morgan fingerprint density at radius 3 is 2.96 bits per heavy atom. The number of para-hydroxylation sites is 1. The molecule has 1 aromatic heterocycles. The molecule has 128 valence electrons. The van der Waals surface area contributed by atoms with Gasteiger partial charge in [-0.2, -0.15) is 0 Å². The van der Waals surface area contributed by atoms with Crippen LogP contribution < -0.4 is 14.4 Å². The van der Waals surface area contributed by atoms with Gasteiger partial charge in [-0.05, 0) is 37.6 Å². The standard InChI is InChI=1S/C18H15ClN2O3S/c1-3-21(18-20-15-10(2)5-4-6-14(15)25-18)17(22)11-7-12(19)16-13(8-11)23-9-24-16/h4-8H,3,9H2,1-2H3. The number of hydrogen-bond acceptors (Lipinski definition) is 5. The molecule has 0 N–H and O–H groups in total. The SMILES string of the molecule is CCN(C(=O)c1cc(Cl)c2c(c1)OCO2)c1nc2c(C)cccc2s1. The maximum Gasteiger partial charge on any atom is 0.260 e. The Morgan fingerprint density at radius 1 is 1.36 bits per heavy atom. The fourth-order valence-electron chi connectivity index (χ4n) is 2.80. The smallest absolute Gasteiger partial charge is 0.260 e. The lowest BCUT2D eigenvalue weighted by Crippen LogP contribution is -2.30. The van der Waals surface area contributed by atoms with E-state index in [0.717, 1.165) is 15.8 Å². The molecule has 4 rings (SSSR count). The third-order valence-electron chi connectivity index (χ3n) is 4.08. The van der Waals surface area contributed by atoms with Crippen molar-refractivity contribution in [2.45, 2.75) is 13.8 Å². The topological polar surface area (TPSA) is 51.7 Å². The average molecular weight is 375 g/mol. The Bertz CT molecular complexity index is 986. The highest BCUT2D eigenvalue weighted by molar-refractivity contribution is 7.22. The largest absolute Gasteiger partial charge is 0.454 e. The molecular weight excluding hydrogens is 360 g/mol. The second-order valence-electron chi connectivity index (χ2n) is 5.66. The first kappa shape index (κ1) is 16.2. The molecule has 5 nitrogen and oxygen atoms in total. The number of fused-ring (bicyclic) bond motifs is 2. The zero-order chi connectivity index (χ0) is 17.6. The van der Waals surface area contributed by atoms with Gasteiger partial charge in [0, 0.05) is 12.1 Å². The van der Waals surface area contributed by atoms with Gasteiger partial charge >= 0.3 is 0 Å². The predicted octanol–water partition coefficient (Wildman–Crippen LogP) is 4.65. The molecule has 0 atom stereocenters. The highest BCUT2D eigenvalue weighted by atomic mass is 35.5. The minimum atomic E-state index is -0.167. The number of nitrogens with zero attached hydrogens (tertiary/aromatic N) is 2. The second kappa shape index (κ2) is 6.20.